The van der Waals surface area contributed by atoms with Crippen molar-refractivity contribution >= 4 is 17.0 Å². The van der Waals surface area contributed by atoms with Crippen LogP contribution in [0.25, 0.3) is 11.0 Å². The first-order valence-electron chi connectivity index (χ1n) is 6.29. The second kappa shape index (κ2) is 4.24. The highest BCUT2D eigenvalue weighted by Crippen LogP contribution is 2.25. The smallest absolute Gasteiger partial charge is 0.203 e. The molecule has 2 aromatic rings. The Morgan fingerprint density at radius 1 is 1.56 bits per heavy atom. The van der Waals surface area contributed by atoms with Gasteiger partial charge in [-0.3, -0.25) is 0 Å². The summed E-state index contributed by atoms with van der Waals surface area (Å²) in [5, 5.41) is 0. The number of anilines is 1. The van der Waals surface area contributed by atoms with Gasteiger partial charge in [0.05, 0.1) is 11.0 Å². The molecule has 4 nitrogen and oxygen atoms in total. The molecule has 1 aliphatic rings. The lowest BCUT2D eigenvalue weighted by molar-refractivity contribution is 0.488. The van der Waals surface area contributed by atoms with Crippen LogP contribution in [0.1, 0.15) is 13.3 Å². The molecule has 2 atom stereocenters. The standard InChI is InChI=1S/C13H17FN4/c1-8(15)9-4-5-18(7-9)13-16-11-3-2-10(14)6-12(11)17-13/h2-3,6,8-9H,4-5,7,15H2,1H3,(H,16,17). The molecule has 0 bridgehead atoms. The van der Waals surface area contributed by atoms with E-state index in [9.17, 15) is 4.39 Å². The summed E-state index contributed by atoms with van der Waals surface area (Å²) in [5.41, 5.74) is 7.47. The molecule has 0 saturated carbocycles. The molecule has 0 spiro atoms. The number of hydrogen-bond donors (Lipinski definition) is 2. The molecular weight excluding hydrogens is 231 g/mol. The van der Waals surface area contributed by atoms with Crippen molar-refractivity contribution in [2.24, 2.45) is 11.7 Å². The topological polar surface area (TPSA) is 57.9 Å². The number of aromatic amines is 1. The summed E-state index contributed by atoms with van der Waals surface area (Å²) >= 11 is 0. The highest BCUT2D eigenvalue weighted by Gasteiger charge is 2.26. The van der Waals surface area contributed by atoms with Crippen LogP contribution in [0.2, 0.25) is 0 Å². The molecule has 3 rings (SSSR count). The van der Waals surface area contributed by atoms with Gasteiger partial charge in [0.25, 0.3) is 0 Å². The number of nitrogens with two attached hydrogens (primary N) is 1. The third-order valence-corrected chi connectivity index (χ3v) is 3.70. The van der Waals surface area contributed by atoms with Crippen molar-refractivity contribution in [3.05, 3.63) is 24.0 Å². The minimum atomic E-state index is -0.243. The summed E-state index contributed by atoms with van der Waals surface area (Å²) in [6, 6.07) is 4.81. The Labute approximate surface area is 105 Å². The molecule has 96 valence electrons. The van der Waals surface area contributed by atoms with E-state index < -0.39 is 0 Å². The van der Waals surface area contributed by atoms with Gasteiger partial charge in [-0.2, -0.15) is 0 Å². The fourth-order valence-corrected chi connectivity index (χ4v) is 2.53. The minimum absolute atomic E-state index is 0.205. The average Bonchev–Trinajstić information content (AvgIpc) is 2.93. The lowest BCUT2D eigenvalue weighted by Gasteiger charge is -2.16. The van der Waals surface area contributed by atoms with Gasteiger partial charge in [0.1, 0.15) is 5.82 Å². The maximum Gasteiger partial charge on any atom is 0.203 e. The molecule has 1 aliphatic heterocycles. The van der Waals surface area contributed by atoms with E-state index in [1.165, 1.54) is 12.1 Å². The van der Waals surface area contributed by atoms with E-state index in [0.29, 0.717) is 5.92 Å². The Morgan fingerprint density at radius 3 is 3.11 bits per heavy atom. The summed E-state index contributed by atoms with van der Waals surface area (Å²) in [6.45, 7) is 3.91. The highest BCUT2D eigenvalue weighted by molar-refractivity contribution is 5.77. The Hall–Kier alpha value is -1.62. The fraction of sp³-hybridized carbons (Fsp3) is 0.462. The van der Waals surface area contributed by atoms with Crippen LogP contribution in [0.4, 0.5) is 10.3 Å². The summed E-state index contributed by atoms with van der Waals surface area (Å²) in [7, 11) is 0. The Balaban J connectivity index is 1.87. The zero-order chi connectivity index (χ0) is 12.7. The predicted molar refractivity (Wildman–Crippen MR) is 70.0 cm³/mol. The van der Waals surface area contributed by atoms with Gasteiger partial charge in [-0.25, -0.2) is 9.37 Å². The van der Waals surface area contributed by atoms with E-state index in [1.54, 1.807) is 6.07 Å². The average molecular weight is 248 g/mol. The third kappa shape index (κ3) is 1.95. The van der Waals surface area contributed by atoms with Gasteiger partial charge >= 0.3 is 0 Å². The number of halogens is 1. The number of nitrogens with one attached hydrogen (secondary N) is 1. The molecule has 3 N–H and O–H groups in total. The normalized spacial score (nSPS) is 21.7. The minimum Gasteiger partial charge on any atom is -0.342 e. The zero-order valence-electron chi connectivity index (χ0n) is 10.4. The molecule has 0 radical (unpaired) electrons. The number of benzene rings is 1. The highest BCUT2D eigenvalue weighted by atomic mass is 19.1. The van der Waals surface area contributed by atoms with E-state index in [0.717, 1.165) is 36.5 Å². The third-order valence-electron chi connectivity index (χ3n) is 3.70. The van der Waals surface area contributed by atoms with Crippen molar-refractivity contribution in [1.29, 1.82) is 0 Å². The number of nitrogens with zero attached hydrogens (tertiary/aromatic N) is 2. The number of hydrogen-bond acceptors (Lipinski definition) is 3. The number of imidazole rings is 1. The molecule has 18 heavy (non-hydrogen) atoms. The number of aromatic nitrogens is 2. The van der Waals surface area contributed by atoms with E-state index in [1.807, 2.05) is 6.92 Å². The molecule has 2 heterocycles. The van der Waals surface area contributed by atoms with Gasteiger partial charge in [-0.15, -0.1) is 0 Å². The van der Waals surface area contributed by atoms with E-state index >= 15 is 0 Å². The summed E-state index contributed by atoms with van der Waals surface area (Å²) in [6.07, 6.45) is 1.09. The van der Waals surface area contributed by atoms with Crippen molar-refractivity contribution < 1.29 is 4.39 Å². The van der Waals surface area contributed by atoms with Crippen molar-refractivity contribution in [2.75, 3.05) is 18.0 Å². The Bertz CT molecular complexity index is 563. The first kappa shape index (κ1) is 11.5. The Kier molecular flexibility index (Phi) is 2.70. The van der Waals surface area contributed by atoms with Gasteiger partial charge in [-0.1, -0.05) is 0 Å². The van der Waals surface area contributed by atoms with Crippen LogP contribution in [0, 0.1) is 11.7 Å². The van der Waals surface area contributed by atoms with Crippen LogP contribution in [0.5, 0.6) is 0 Å². The monoisotopic (exact) mass is 248 g/mol. The van der Waals surface area contributed by atoms with Gasteiger partial charge in [0.2, 0.25) is 5.95 Å². The largest absolute Gasteiger partial charge is 0.342 e. The SMILES string of the molecule is CC(N)C1CCN(c2nc3ccc(F)cc3[nH]2)C1. The first-order valence-corrected chi connectivity index (χ1v) is 6.29. The molecule has 1 aromatic heterocycles. The number of H-pyrrole nitrogens is 1. The molecule has 0 aliphatic carbocycles. The van der Waals surface area contributed by atoms with Crippen LogP contribution in [-0.4, -0.2) is 29.1 Å². The molecular formula is C13H17FN4. The van der Waals surface area contributed by atoms with E-state index in [-0.39, 0.29) is 11.9 Å². The molecule has 5 heteroatoms. The van der Waals surface area contributed by atoms with E-state index in [2.05, 4.69) is 14.9 Å². The van der Waals surface area contributed by atoms with E-state index in [4.69, 9.17) is 5.73 Å². The van der Waals surface area contributed by atoms with Crippen LogP contribution in [0.15, 0.2) is 18.2 Å². The Morgan fingerprint density at radius 2 is 2.39 bits per heavy atom. The van der Waals surface area contributed by atoms with Crippen molar-refractivity contribution in [1.82, 2.24) is 9.97 Å². The van der Waals surface area contributed by atoms with Crippen molar-refractivity contribution in [2.45, 2.75) is 19.4 Å². The van der Waals surface area contributed by atoms with Crippen LogP contribution in [-0.2, 0) is 0 Å². The maximum absolute atomic E-state index is 13.1. The van der Waals surface area contributed by atoms with Crippen molar-refractivity contribution in [3.63, 3.8) is 0 Å². The second-order valence-electron chi connectivity index (χ2n) is 5.08. The fourth-order valence-electron chi connectivity index (χ4n) is 2.53. The van der Waals surface area contributed by atoms with Crippen molar-refractivity contribution in [3.8, 4) is 0 Å². The van der Waals surface area contributed by atoms with Gasteiger partial charge in [-0.05, 0) is 37.5 Å². The summed E-state index contributed by atoms with van der Waals surface area (Å²) < 4.78 is 13.1. The summed E-state index contributed by atoms with van der Waals surface area (Å²) in [5.74, 6) is 1.08. The van der Waals surface area contributed by atoms with Gasteiger partial charge in [0.15, 0.2) is 0 Å². The first-order chi connectivity index (χ1) is 8.63. The number of rotatable bonds is 2. The molecule has 2 unspecified atom stereocenters. The molecule has 1 aromatic carbocycles. The zero-order valence-corrected chi connectivity index (χ0v) is 10.4. The molecule has 0 amide bonds. The van der Waals surface area contributed by atoms with Gasteiger partial charge < -0.3 is 15.6 Å². The lowest BCUT2D eigenvalue weighted by atomic mass is 10.0. The second-order valence-corrected chi connectivity index (χ2v) is 5.08. The van der Waals surface area contributed by atoms with Gasteiger partial charge in [0, 0.05) is 19.1 Å². The maximum atomic E-state index is 13.1. The lowest BCUT2D eigenvalue weighted by Crippen LogP contribution is -2.30. The predicted octanol–water partition coefficient (Wildman–Crippen LogP) is 1.88. The van der Waals surface area contributed by atoms with Crippen LogP contribution in [0.3, 0.4) is 0 Å². The quantitative estimate of drug-likeness (QED) is 0.853. The van der Waals surface area contributed by atoms with Crippen LogP contribution >= 0.6 is 0 Å². The number of fused-ring (bicyclic) bond motifs is 1. The molecule has 1 fully saturated rings. The molecule has 1 saturated heterocycles. The van der Waals surface area contributed by atoms with Crippen LogP contribution < -0.4 is 10.6 Å². The summed E-state index contributed by atoms with van der Waals surface area (Å²) in [4.78, 5) is 9.85.